The van der Waals surface area contributed by atoms with E-state index in [1.807, 2.05) is 0 Å². The highest BCUT2D eigenvalue weighted by atomic mass is 32.1. The molecule has 0 aromatic carbocycles. The molecule has 0 amide bonds. The minimum Gasteiger partial charge on any atom is -0.105 e. The summed E-state index contributed by atoms with van der Waals surface area (Å²) in [4.78, 5) is 0. The summed E-state index contributed by atoms with van der Waals surface area (Å²) in [6, 6.07) is 0. The van der Waals surface area contributed by atoms with Crippen LogP contribution >= 0.6 is 23.3 Å². The summed E-state index contributed by atoms with van der Waals surface area (Å²) in [6.45, 7) is 0. The van der Waals surface area contributed by atoms with Gasteiger partial charge in [-0.1, -0.05) is 38.5 Å². The van der Waals surface area contributed by atoms with E-state index in [1.54, 1.807) is 20.7 Å². The lowest BCUT2D eigenvalue weighted by Gasteiger charge is -2.13. The smallest absolute Gasteiger partial charge is 0.00865 e. The Morgan fingerprint density at radius 1 is 1.00 bits per heavy atom. The van der Waals surface area contributed by atoms with Gasteiger partial charge in [-0.25, -0.2) is 0 Å². The molecule has 0 nitrogen and oxygen atoms in total. The first-order valence-electron chi connectivity index (χ1n) is 5.83. The summed E-state index contributed by atoms with van der Waals surface area (Å²) in [5.74, 6) is 3.52. The van der Waals surface area contributed by atoms with Crippen LogP contribution in [0.25, 0.3) is 0 Å². The topological polar surface area (TPSA) is 0 Å². The molecule has 1 heterocycles. The molecule has 0 spiro atoms. The van der Waals surface area contributed by atoms with Crippen molar-refractivity contribution in [2.24, 2.45) is 0 Å². The summed E-state index contributed by atoms with van der Waals surface area (Å²) in [5, 5.41) is 1.80. The van der Waals surface area contributed by atoms with Crippen molar-refractivity contribution in [1.29, 1.82) is 0 Å². The van der Waals surface area contributed by atoms with Gasteiger partial charge >= 0.3 is 0 Å². The average Bonchev–Trinajstić information content (AvgIpc) is 2.75. The van der Waals surface area contributed by atoms with E-state index in [-0.39, 0.29) is 0 Å². The maximum atomic E-state index is 2.55. The van der Waals surface area contributed by atoms with Crippen LogP contribution in [-0.4, -0.2) is 0 Å². The molecule has 0 saturated heterocycles. The minimum atomic E-state index is 0.970. The zero-order valence-electron chi connectivity index (χ0n) is 8.71. The van der Waals surface area contributed by atoms with Gasteiger partial charge in [0.1, 0.15) is 0 Å². The normalized spacial score (nSPS) is 22.9. The van der Waals surface area contributed by atoms with E-state index >= 15 is 0 Å². The van der Waals surface area contributed by atoms with Crippen LogP contribution in [0.2, 0.25) is 0 Å². The summed E-state index contributed by atoms with van der Waals surface area (Å²) in [7, 11) is 4.41. The molecule has 0 N–H and O–H groups in total. The molecule has 78 valence electrons. The Morgan fingerprint density at radius 3 is 2.21 bits per heavy atom. The second kappa shape index (κ2) is 6.27. The largest absolute Gasteiger partial charge is 0.105 e. The number of hydrogen-bond acceptors (Lipinski definition) is 0. The Hall–Kier alpha value is 0.640. The van der Waals surface area contributed by atoms with Crippen molar-refractivity contribution in [3.63, 3.8) is 0 Å². The van der Waals surface area contributed by atoms with Crippen LogP contribution in [0.1, 0.15) is 62.6 Å². The standard InChI is InChI=1S/C11H19P3/c1-2-4-6-8-10(7-5-3-1)11-9-12-14-13-11/h9-10,12H,1-8H2. The molecule has 14 heavy (non-hydrogen) atoms. The van der Waals surface area contributed by atoms with E-state index in [1.165, 1.54) is 51.4 Å². The van der Waals surface area contributed by atoms with Gasteiger partial charge in [0.2, 0.25) is 0 Å². The van der Waals surface area contributed by atoms with Gasteiger partial charge in [-0.2, -0.15) is 0 Å². The minimum absolute atomic E-state index is 0.970. The fraction of sp³-hybridized carbons (Fsp3) is 0.818. The molecular formula is C11H19P3. The Labute approximate surface area is 92.0 Å². The third kappa shape index (κ3) is 3.34. The summed E-state index contributed by atoms with van der Waals surface area (Å²) in [6.07, 6.45) is 11.9. The summed E-state index contributed by atoms with van der Waals surface area (Å²) >= 11 is 0. The van der Waals surface area contributed by atoms with E-state index in [9.17, 15) is 0 Å². The molecule has 0 radical (unpaired) electrons. The quantitative estimate of drug-likeness (QED) is 0.560. The molecule has 1 aliphatic carbocycles. The Kier molecular flexibility index (Phi) is 4.99. The van der Waals surface area contributed by atoms with Gasteiger partial charge < -0.3 is 0 Å². The third-order valence-electron chi connectivity index (χ3n) is 3.21. The number of hydrogen-bond donors (Lipinski definition) is 0. The molecule has 1 fully saturated rings. The van der Waals surface area contributed by atoms with Gasteiger partial charge in [-0.05, 0) is 45.3 Å². The SMILES string of the molecule is c1[pH]ppc1C1CCCCCCCC1. The molecule has 1 aromatic rings. The Bertz CT molecular complexity index is 233. The first-order chi connectivity index (χ1) is 6.97. The van der Waals surface area contributed by atoms with Gasteiger partial charge in [-0.15, -0.1) is 7.87 Å². The maximum Gasteiger partial charge on any atom is -0.00865 e. The van der Waals surface area contributed by atoms with Crippen molar-refractivity contribution in [2.45, 2.75) is 57.3 Å². The first kappa shape index (κ1) is 11.1. The molecule has 1 aliphatic rings. The second-order valence-corrected chi connectivity index (χ2v) is 9.53. The molecule has 1 unspecified atom stereocenters. The monoisotopic (exact) mass is 244 g/mol. The van der Waals surface area contributed by atoms with Crippen LogP contribution in [0.15, 0.2) is 5.80 Å². The fourth-order valence-electron chi connectivity index (χ4n) is 2.34. The summed E-state index contributed by atoms with van der Waals surface area (Å²) < 4.78 is 0. The molecule has 1 saturated carbocycles. The van der Waals surface area contributed by atoms with Gasteiger partial charge in [0, 0.05) is 0 Å². The average molecular weight is 244 g/mol. The molecular weight excluding hydrogens is 225 g/mol. The van der Waals surface area contributed by atoms with Crippen LogP contribution in [0.3, 0.4) is 0 Å². The van der Waals surface area contributed by atoms with Gasteiger partial charge in [0.05, 0.1) is 0 Å². The predicted molar refractivity (Wildman–Crippen MR) is 70.6 cm³/mol. The van der Waals surface area contributed by atoms with Crippen molar-refractivity contribution < 1.29 is 0 Å². The van der Waals surface area contributed by atoms with E-state index < -0.39 is 0 Å². The lowest BCUT2D eigenvalue weighted by atomic mass is 9.96. The molecule has 1 aromatic heterocycles. The third-order valence-corrected chi connectivity index (χ3v) is 8.50. The lowest BCUT2D eigenvalue weighted by Crippen LogP contribution is -1.95. The second-order valence-electron chi connectivity index (χ2n) is 4.29. The molecule has 1 atom stereocenters. The fourth-order valence-corrected chi connectivity index (χ4v) is 8.29. The molecule has 0 bridgehead atoms. The lowest BCUT2D eigenvalue weighted by molar-refractivity contribution is 0.547. The van der Waals surface area contributed by atoms with E-state index in [4.69, 9.17) is 0 Å². The highest BCUT2D eigenvalue weighted by molar-refractivity contribution is 8.17. The zero-order chi connectivity index (χ0) is 9.64. The van der Waals surface area contributed by atoms with E-state index in [0.29, 0.717) is 0 Å². The van der Waals surface area contributed by atoms with Crippen molar-refractivity contribution in [3.05, 3.63) is 11.1 Å². The van der Waals surface area contributed by atoms with Crippen LogP contribution < -0.4 is 0 Å². The van der Waals surface area contributed by atoms with E-state index in [0.717, 1.165) is 13.8 Å². The molecule has 0 aliphatic heterocycles. The van der Waals surface area contributed by atoms with Crippen molar-refractivity contribution in [2.75, 3.05) is 0 Å². The zero-order valence-corrected chi connectivity index (χ0v) is 11.5. The van der Waals surface area contributed by atoms with Gasteiger partial charge in [0.25, 0.3) is 0 Å². The van der Waals surface area contributed by atoms with Crippen molar-refractivity contribution in [1.82, 2.24) is 0 Å². The Morgan fingerprint density at radius 2 is 1.64 bits per heavy atom. The summed E-state index contributed by atoms with van der Waals surface area (Å²) in [5.41, 5.74) is 0. The highest BCUT2D eigenvalue weighted by Crippen LogP contribution is 2.44. The first-order valence-corrected chi connectivity index (χ1v) is 10.2. The van der Waals surface area contributed by atoms with Crippen molar-refractivity contribution >= 4 is 23.3 Å². The predicted octanol–water partition coefficient (Wildman–Crippen LogP) is 6.10. The van der Waals surface area contributed by atoms with Crippen LogP contribution in [0.4, 0.5) is 0 Å². The van der Waals surface area contributed by atoms with E-state index in [2.05, 4.69) is 5.80 Å². The van der Waals surface area contributed by atoms with Crippen LogP contribution in [0.5, 0.6) is 0 Å². The van der Waals surface area contributed by atoms with Gasteiger partial charge in [0.15, 0.2) is 0 Å². The van der Waals surface area contributed by atoms with Gasteiger partial charge in [-0.3, -0.25) is 0 Å². The van der Waals surface area contributed by atoms with Crippen LogP contribution in [0, 0.1) is 0 Å². The van der Waals surface area contributed by atoms with Crippen LogP contribution in [-0.2, 0) is 0 Å². The molecule has 3 heteroatoms. The number of rotatable bonds is 1. The maximum absolute atomic E-state index is 2.55. The molecule has 2 rings (SSSR count). The van der Waals surface area contributed by atoms with Crippen molar-refractivity contribution in [3.8, 4) is 0 Å². The Balaban J connectivity index is 1.94. The highest BCUT2D eigenvalue weighted by Gasteiger charge is 2.13.